The summed E-state index contributed by atoms with van der Waals surface area (Å²) in [5, 5.41) is 5.48. The molecule has 1 aliphatic rings. The number of aromatic nitrogens is 1. The number of carbonyl (C=O) groups excluding carboxylic acids is 4. The minimum atomic E-state index is -1.03. The first-order valence-electron chi connectivity index (χ1n) is 11.4. The molecule has 0 spiro atoms. The van der Waals surface area contributed by atoms with Crippen molar-refractivity contribution in [1.29, 1.82) is 0 Å². The summed E-state index contributed by atoms with van der Waals surface area (Å²) >= 11 is 0. The minimum Gasteiger partial charge on any atom is -0.426 e. The maximum atomic E-state index is 13.7. The van der Waals surface area contributed by atoms with Crippen molar-refractivity contribution in [3.63, 3.8) is 0 Å². The van der Waals surface area contributed by atoms with Crippen molar-refractivity contribution in [2.75, 3.05) is 25.0 Å². The van der Waals surface area contributed by atoms with Crippen molar-refractivity contribution in [2.45, 2.75) is 40.9 Å². The molecule has 1 aromatic carbocycles. The van der Waals surface area contributed by atoms with Crippen LogP contribution >= 0.6 is 0 Å². The van der Waals surface area contributed by atoms with Crippen LogP contribution in [0.2, 0.25) is 0 Å². The quantitative estimate of drug-likeness (QED) is 0.290. The Morgan fingerprint density at radius 2 is 1.94 bits per heavy atom. The molecule has 10 nitrogen and oxygen atoms in total. The number of H-pyrrole nitrogens is 1. The summed E-state index contributed by atoms with van der Waals surface area (Å²) in [6.45, 7) is 8.54. The van der Waals surface area contributed by atoms with Gasteiger partial charge in [0, 0.05) is 56.1 Å². The van der Waals surface area contributed by atoms with E-state index in [0.29, 0.717) is 45.9 Å². The van der Waals surface area contributed by atoms with Crippen molar-refractivity contribution >= 4 is 41.2 Å². The Bertz CT molecular complexity index is 1240. The number of esters is 1. The third-order valence-corrected chi connectivity index (χ3v) is 5.66. The lowest BCUT2D eigenvalue weighted by molar-refractivity contribution is -0.163. The fourth-order valence-corrected chi connectivity index (χ4v) is 3.95. The van der Waals surface area contributed by atoms with E-state index in [2.05, 4.69) is 15.6 Å². The van der Waals surface area contributed by atoms with Crippen molar-refractivity contribution in [3.8, 4) is 0 Å². The number of halogens is 1. The summed E-state index contributed by atoms with van der Waals surface area (Å²) in [7, 11) is 0. The number of aryl methyl sites for hydroxylation is 1. The number of fused-ring (bicyclic) bond motifs is 1. The summed E-state index contributed by atoms with van der Waals surface area (Å²) in [5.41, 5.74) is 3.45. The third-order valence-electron chi connectivity index (χ3n) is 5.66. The summed E-state index contributed by atoms with van der Waals surface area (Å²) in [6, 6.07) is 4.06. The monoisotopic (exact) mass is 500 g/mol. The molecule has 1 unspecified atom stereocenters. The lowest BCUT2D eigenvalue weighted by atomic mass is 10.0. The Hall–Kier alpha value is -4.15. The molecule has 3 rings (SSSR count). The average molecular weight is 501 g/mol. The molecular formula is C25H29FN4O6. The zero-order chi connectivity index (χ0) is 26.6. The van der Waals surface area contributed by atoms with Crippen LogP contribution in [-0.4, -0.2) is 59.7 Å². The van der Waals surface area contributed by atoms with Gasteiger partial charge < -0.3 is 30.0 Å². The molecule has 1 aliphatic heterocycles. The molecule has 1 atom stereocenters. The van der Waals surface area contributed by atoms with Crippen LogP contribution in [0.15, 0.2) is 18.2 Å². The standard InChI is InChI=1S/C25H29FN4O6/c1-6-30(25(34)36-16(5)35-15(4)31)10-9-27-24(33)22-13(2)21(28-14(22)3)12-19-18-11-17(26)7-8-20(18)29-23(19)32/h7-8,11-12,16,28H,6,9-10H2,1-5H3,(H,27,33)(H,29,32)/b19-12-. The van der Waals surface area contributed by atoms with Crippen LogP contribution in [-0.2, 0) is 19.1 Å². The Morgan fingerprint density at radius 1 is 1.22 bits per heavy atom. The molecule has 0 saturated carbocycles. The van der Waals surface area contributed by atoms with Crippen LogP contribution in [0, 0.1) is 19.7 Å². The van der Waals surface area contributed by atoms with Crippen LogP contribution in [0.4, 0.5) is 14.9 Å². The number of hydrogen-bond donors (Lipinski definition) is 3. The van der Waals surface area contributed by atoms with Gasteiger partial charge in [-0.15, -0.1) is 0 Å². The molecule has 1 aromatic heterocycles. The SMILES string of the molecule is CCN(CCNC(=O)c1c(C)[nH]c(/C=C2\C(=O)Nc3ccc(F)cc32)c1C)C(=O)OC(C)OC(C)=O. The van der Waals surface area contributed by atoms with Crippen molar-refractivity contribution in [2.24, 2.45) is 0 Å². The number of ether oxygens (including phenoxy) is 2. The molecule has 3 amide bonds. The number of benzene rings is 1. The van der Waals surface area contributed by atoms with Crippen molar-refractivity contribution < 1.29 is 33.0 Å². The molecule has 11 heteroatoms. The van der Waals surface area contributed by atoms with Gasteiger partial charge in [-0.25, -0.2) is 9.18 Å². The third kappa shape index (κ3) is 5.91. The molecule has 0 radical (unpaired) electrons. The predicted octanol–water partition coefficient (Wildman–Crippen LogP) is 3.36. The van der Waals surface area contributed by atoms with E-state index in [0.717, 1.165) is 0 Å². The number of nitrogens with zero attached hydrogens (tertiary/aromatic N) is 1. The van der Waals surface area contributed by atoms with E-state index in [1.54, 1.807) is 26.8 Å². The van der Waals surface area contributed by atoms with Gasteiger partial charge in [-0.1, -0.05) is 0 Å². The Balaban J connectivity index is 1.68. The first-order valence-corrected chi connectivity index (χ1v) is 11.4. The molecule has 3 N–H and O–H groups in total. The van der Waals surface area contributed by atoms with Gasteiger partial charge in [0.2, 0.25) is 6.29 Å². The highest BCUT2D eigenvalue weighted by Crippen LogP contribution is 2.34. The van der Waals surface area contributed by atoms with Crippen LogP contribution in [0.1, 0.15) is 53.6 Å². The minimum absolute atomic E-state index is 0.152. The van der Waals surface area contributed by atoms with E-state index in [4.69, 9.17) is 9.47 Å². The highest BCUT2D eigenvalue weighted by atomic mass is 19.1. The number of anilines is 1. The number of nitrogens with one attached hydrogen (secondary N) is 3. The normalized spacial score (nSPS) is 14.2. The number of amides is 3. The van der Waals surface area contributed by atoms with E-state index in [9.17, 15) is 23.6 Å². The Labute approximate surface area is 207 Å². The fourth-order valence-electron chi connectivity index (χ4n) is 3.95. The molecular weight excluding hydrogens is 471 g/mol. The van der Waals surface area contributed by atoms with Gasteiger partial charge in [0.05, 0.1) is 11.1 Å². The zero-order valence-electron chi connectivity index (χ0n) is 20.8. The largest absolute Gasteiger partial charge is 0.426 e. The second-order valence-corrected chi connectivity index (χ2v) is 8.26. The molecule has 2 aromatic rings. The molecule has 0 bridgehead atoms. The number of carbonyl (C=O) groups is 4. The first-order chi connectivity index (χ1) is 17.0. The van der Waals surface area contributed by atoms with E-state index >= 15 is 0 Å². The van der Waals surface area contributed by atoms with Gasteiger partial charge in [0.25, 0.3) is 11.8 Å². The van der Waals surface area contributed by atoms with Crippen LogP contribution in [0.3, 0.4) is 0 Å². The summed E-state index contributed by atoms with van der Waals surface area (Å²) in [6.07, 6.45) is -0.101. The summed E-state index contributed by atoms with van der Waals surface area (Å²) < 4.78 is 23.6. The topological polar surface area (TPSA) is 130 Å². The second kappa shape index (κ2) is 11.1. The number of hydrogen-bond acceptors (Lipinski definition) is 6. The van der Waals surface area contributed by atoms with Gasteiger partial charge in [0.15, 0.2) is 0 Å². The van der Waals surface area contributed by atoms with E-state index in [-0.39, 0.29) is 24.9 Å². The predicted molar refractivity (Wildman–Crippen MR) is 130 cm³/mol. The lowest BCUT2D eigenvalue weighted by Crippen LogP contribution is -2.40. The van der Waals surface area contributed by atoms with E-state index in [1.165, 1.54) is 36.9 Å². The van der Waals surface area contributed by atoms with Gasteiger partial charge in [-0.05, 0) is 50.6 Å². The lowest BCUT2D eigenvalue weighted by Gasteiger charge is -2.22. The zero-order valence-corrected chi connectivity index (χ0v) is 20.8. The summed E-state index contributed by atoms with van der Waals surface area (Å²) in [4.78, 5) is 53.1. The van der Waals surface area contributed by atoms with E-state index < -0.39 is 24.2 Å². The van der Waals surface area contributed by atoms with Crippen molar-refractivity contribution in [3.05, 3.63) is 52.1 Å². The average Bonchev–Trinajstić information content (AvgIpc) is 3.25. The molecule has 2 heterocycles. The van der Waals surface area contributed by atoms with Gasteiger partial charge in [-0.2, -0.15) is 0 Å². The van der Waals surface area contributed by atoms with Crippen molar-refractivity contribution in [1.82, 2.24) is 15.2 Å². The highest BCUT2D eigenvalue weighted by Gasteiger charge is 2.26. The smallest absolute Gasteiger partial charge is 0.412 e. The van der Waals surface area contributed by atoms with E-state index in [1.807, 2.05) is 0 Å². The highest BCUT2D eigenvalue weighted by molar-refractivity contribution is 6.34. The number of aromatic amines is 1. The van der Waals surface area contributed by atoms with Gasteiger partial charge in [0.1, 0.15) is 5.82 Å². The van der Waals surface area contributed by atoms with Crippen LogP contribution in [0.5, 0.6) is 0 Å². The van der Waals surface area contributed by atoms with Crippen LogP contribution < -0.4 is 10.6 Å². The molecule has 36 heavy (non-hydrogen) atoms. The molecule has 0 aliphatic carbocycles. The fraction of sp³-hybridized carbons (Fsp3) is 0.360. The first kappa shape index (κ1) is 26.5. The second-order valence-electron chi connectivity index (χ2n) is 8.26. The molecule has 0 fully saturated rings. The van der Waals surface area contributed by atoms with Crippen LogP contribution in [0.25, 0.3) is 11.6 Å². The van der Waals surface area contributed by atoms with Gasteiger partial charge >= 0.3 is 12.1 Å². The summed E-state index contributed by atoms with van der Waals surface area (Å²) in [5.74, 6) is -1.74. The molecule has 192 valence electrons. The number of rotatable bonds is 8. The Kier molecular flexibility index (Phi) is 8.13. The maximum Gasteiger partial charge on any atom is 0.412 e. The van der Waals surface area contributed by atoms with Gasteiger partial charge in [-0.3, -0.25) is 14.4 Å². The number of likely N-dealkylation sites (N-methyl/N-ethyl adjacent to an activating group) is 1. The maximum absolute atomic E-state index is 13.7. The Morgan fingerprint density at radius 3 is 2.61 bits per heavy atom. The molecule has 0 saturated heterocycles.